The summed E-state index contributed by atoms with van der Waals surface area (Å²) < 4.78 is 29.9. The summed E-state index contributed by atoms with van der Waals surface area (Å²) in [5.41, 5.74) is 1.35. The van der Waals surface area contributed by atoms with Gasteiger partial charge in [0.2, 0.25) is 5.91 Å². The number of carbonyl (C=O) groups is 1. The third-order valence-corrected chi connectivity index (χ3v) is 5.08. The molecule has 0 aliphatic rings. The second kappa shape index (κ2) is 7.75. The molecule has 0 aliphatic heterocycles. The van der Waals surface area contributed by atoms with Gasteiger partial charge in [0.1, 0.15) is 17.7 Å². The first-order valence-electron chi connectivity index (χ1n) is 9.58. The van der Waals surface area contributed by atoms with Gasteiger partial charge < -0.3 is 5.32 Å². The molecule has 1 atom stereocenters. The number of anilines is 1. The summed E-state index contributed by atoms with van der Waals surface area (Å²) in [6.07, 6.45) is 0. The highest BCUT2D eigenvalue weighted by atomic mass is 19.1. The highest BCUT2D eigenvalue weighted by molar-refractivity contribution is 5.93. The van der Waals surface area contributed by atoms with E-state index in [-0.39, 0.29) is 11.2 Å². The molecule has 9 heteroatoms. The molecular weight excluding hydrogens is 404 g/mol. The lowest BCUT2D eigenvalue weighted by atomic mass is 10.2. The van der Waals surface area contributed by atoms with Crippen molar-refractivity contribution in [1.82, 2.24) is 19.6 Å². The highest BCUT2D eigenvalue weighted by Gasteiger charge is 2.24. The van der Waals surface area contributed by atoms with Crippen molar-refractivity contribution >= 4 is 22.5 Å². The van der Waals surface area contributed by atoms with Crippen LogP contribution >= 0.6 is 0 Å². The van der Waals surface area contributed by atoms with Crippen molar-refractivity contribution in [3.8, 4) is 5.69 Å². The molecule has 2 heterocycles. The number of hydrogen-bond donors (Lipinski definition) is 1. The number of carbonyl (C=O) groups excluding carboxylic acids is 1. The predicted molar refractivity (Wildman–Crippen MR) is 112 cm³/mol. The van der Waals surface area contributed by atoms with Crippen LogP contribution in [0.25, 0.3) is 16.6 Å². The quantitative estimate of drug-likeness (QED) is 0.543. The molecule has 4 rings (SSSR count). The van der Waals surface area contributed by atoms with Crippen molar-refractivity contribution in [2.24, 2.45) is 0 Å². The molecular formula is C22H19F2N5O2. The largest absolute Gasteiger partial charge is 0.322 e. The number of nitrogens with one attached hydrogen (secondary N) is 1. The zero-order valence-electron chi connectivity index (χ0n) is 17.1. The maximum absolute atomic E-state index is 13.9. The molecule has 1 N–H and O–H groups in total. The molecule has 0 spiro atoms. The molecule has 31 heavy (non-hydrogen) atoms. The molecule has 4 aromatic rings. The molecule has 158 valence electrons. The van der Waals surface area contributed by atoms with Crippen LogP contribution in [0.3, 0.4) is 0 Å². The van der Waals surface area contributed by atoms with Crippen molar-refractivity contribution in [2.75, 3.05) is 5.32 Å². The zero-order chi connectivity index (χ0) is 22.3. The minimum absolute atomic E-state index is 0.172. The van der Waals surface area contributed by atoms with Gasteiger partial charge in [-0.05, 0) is 45.0 Å². The molecule has 0 bridgehead atoms. The summed E-state index contributed by atoms with van der Waals surface area (Å²) in [6.45, 7) is 5.01. The fraction of sp³-hybridized carbons (Fsp3) is 0.182. The third-order valence-electron chi connectivity index (χ3n) is 5.08. The smallest absolute Gasteiger partial charge is 0.295 e. The average molecular weight is 423 g/mol. The van der Waals surface area contributed by atoms with Crippen LogP contribution < -0.4 is 10.9 Å². The van der Waals surface area contributed by atoms with Gasteiger partial charge in [0.15, 0.2) is 5.52 Å². The van der Waals surface area contributed by atoms with Crippen LogP contribution in [0.5, 0.6) is 0 Å². The lowest BCUT2D eigenvalue weighted by Gasteiger charge is -2.15. The standard InChI is InChI=1S/C22H19F2N5O2/c1-12-19-13(2)28(16-7-5-4-6-8-16)27-20(19)22(31)29(26-12)14(3)21(30)25-18-11-15(23)9-10-17(18)24/h4-11,14H,1-3H3,(H,25,30)/t14-/m0/s1. The van der Waals surface area contributed by atoms with Crippen LogP contribution in [0, 0.1) is 25.5 Å². The Morgan fingerprint density at radius 1 is 1.06 bits per heavy atom. The lowest BCUT2D eigenvalue weighted by Crippen LogP contribution is -2.34. The number of aryl methyl sites for hydroxylation is 2. The maximum Gasteiger partial charge on any atom is 0.295 e. The summed E-state index contributed by atoms with van der Waals surface area (Å²) in [6, 6.07) is 11.0. The fourth-order valence-electron chi connectivity index (χ4n) is 3.48. The molecule has 2 aromatic carbocycles. The number of fused-ring (bicyclic) bond motifs is 1. The third kappa shape index (κ3) is 3.58. The molecule has 0 radical (unpaired) electrons. The van der Waals surface area contributed by atoms with E-state index in [0.717, 1.165) is 34.3 Å². The monoisotopic (exact) mass is 423 g/mol. The second-order valence-corrected chi connectivity index (χ2v) is 7.18. The number of halogens is 2. The van der Waals surface area contributed by atoms with Crippen LogP contribution in [-0.4, -0.2) is 25.5 Å². The van der Waals surface area contributed by atoms with Crippen LogP contribution in [0.4, 0.5) is 14.5 Å². The van der Waals surface area contributed by atoms with Crippen molar-refractivity contribution in [2.45, 2.75) is 26.8 Å². The van der Waals surface area contributed by atoms with Crippen LogP contribution in [0.2, 0.25) is 0 Å². The second-order valence-electron chi connectivity index (χ2n) is 7.18. The van der Waals surface area contributed by atoms with Crippen molar-refractivity contribution in [1.29, 1.82) is 0 Å². The van der Waals surface area contributed by atoms with E-state index in [2.05, 4.69) is 15.5 Å². The van der Waals surface area contributed by atoms with E-state index in [1.54, 1.807) is 11.6 Å². The number of hydrogen-bond acceptors (Lipinski definition) is 4. The van der Waals surface area contributed by atoms with E-state index >= 15 is 0 Å². The van der Waals surface area contributed by atoms with Crippen molar-refractivity contribution < 1.29 is 13.6 Å². The summed E-state index contributed by atoms with van der Waals surface area (Å²) in [7, 11) is 0. The zero-order valence-corrected chi connectivity index (χ0v) is 17.1. The SMILES string of the molecule is Cc1nn([C@@H](C)C(=O)Nc2cc(F)ccc2F)c(=O)c2nn(-c3ccccc3)c(C)c12. The van der Waals surface area contributed by atoms with Gasteiger partial charge in [0, 0.05) is 6.07 Å². The highest BCUT2D eigenvalue weighted by Crippen LogP contribution is 2.22. The van der Waals surface area contributed by atoms with E-state index in [0.29, 0.717) is 11.1 Å². The normalized spacial score (nSPS) is 12.2. The Labute approximate surface area is 175 Å². The van der Waals surface area contributed by atoms with Gasteiger partial charge in [0.05, 0.1) is 28.1 Å². The molecule has 0 saturated heterocycles. The van der Waals surface area contributed by atoms with E-state index in [1.807, 2.05) is 37.3 Å². The first-order chi connectivity index (χ1) is 14.8. The maximum atomic E-state index is 13.9. The van der Waals surface area contributed by atoms with E-state index < -0.39 is 29.1 Å². The van der Waals surface area contributed by atoms with Gasteiger partial charge in [0.25, 0.3) is 5.56 Å². The Morgan fingerprint density at radius 3 is 2.48 bits per heavy atom. The van der Waals surface area contributed by atoms with Gasteiger partial charge in [-0.15, -0.1) is 0 Å². The van der Waals surface area contributed by atoms with Gasteiger partial charge >= 0.3 is 0 Å². The minimum Gasteiger partial charge on any atom is -0.322 e. The average Bonchev–Trinajstić information content (AvgIpc) is 3.11. The Kier molecular flexibility index (Phi) is 5.10. The molecule has 0 aliphatic carbocycles. The number of benzene rings is 2. The topological polar surface area (TPSA) is 81.8 Å². The Hall–Kier alpha value is -3.88. The molecule has 0 fully saturated rings. The summed E-state index contributed by atoms with van der Waals surface area (Å²) in [5, 5.41) is 11.7. The van der Waals surface area contributed by atoms with Crippen molar-refractivity contribution in [3.05, 3.63) is 81.9 Å². The Balaban J connectivity index is 1.76. The fourth-order valence-corrected chi connectivity index (χ4v) is 3.48. The van der Waals surface area contributed by atoms with Gasteiger partial charge in [-0.2, -0.15) is 10.2 Å². The van der Waals surface area contributed by atoms with Crippen LogP contribution in [0.1, 0.15) is 24.4 Å². The first kappa shape index (κ1) is 20.4. The van der Waals surface area contributed by atoms with Crippen LogP contribution in [-0.2, 0) is 4.79 Å². The molecule has 2 aromatic heterocycles. The van der Waals surface area contributed by atoms with Gasteiger partial charge in [-0.25, -0.2) is 18.1 Å². The molecule has 0 saturated carbocycles. The van der Waals surface area contributed by atoms with E-state index in [4.69, 9.17) is 0 Å². The summed E-state index contributed by atoms with van der Waals surface area (Å²) in [5.74, 6) is -2.19. The van der Waals surface area contributed by atoms with Gasteiger partial charge in [-0.1, -0.05) is 18.2 Å². The number of rotatable bonds is 4. The lowest BCUT2D eigenvalue weighted by molar-refractivity contribution is -0.119. The van der Waals surface area contributed by atoms with Crippen molar-refractivity contribution in [3.63, 3.8) is 0 Å². The number of para-hydroxylation sites is 1. The number of amides is 1. The Morgan fingerprint density at radius 2 is 1.77 bits per heavy atom. The van der Waals surface area contributed by atoms with Gasteiger partial charge in [-0.3, -0.25) is 9.59 Å². The van der Waals surface area contributed by atoms with E-state index in [9.17, 15) is 18.4 Å². The van der Waals surface area contributed by atoms with E-state index in [1.165, 1.54) is 6.92 Å². The predicted octanol–water partition coefficient (Wildman–Crippen LogP) is 3.68. The Bertz CT molecular complexity index is 1360. The van der Waals surface area contributed by atoms with Crippen LogP contribution in [0.15, 0.2) is 53.3 Å². The number of nitrogens with zero attached hydrogens (tertiary/aromatic N) is 4. The summed E-state index contributed by atoms with van der Waals surface area (Å²) >= 11 is 0. The molecule has 1 amide bonds. The number of aromatic nitrogens is 4. The molecule has 7 nitrogen and oxygen atoms in total. The summed E-state index contributed by atoms with van der Waals surface area (Å²) in [4.78, 5) is 25.8. The molecule has 0 unspecified atom stereocenters. The minimum atomic E-state index is -1.08. The first-order valence-corrected chi connectivity index (χ1v) is 9.58.